The Morgan fingerprint density at radius 2 is 1.75 bits per heavy atom. The average molecular weight is 431 g/mol. The van der Waals surface area contributed by atoms with Crippen molar-refractivity contribution in [3.8, 4) is 0 Å². The Morgan fingerprint density at radius 3 is 2.47 bits per heavy atom. The van der Waals surface area contributed by atoms with E-state index in [1.807, 2.05) is 61.5 Å². The molecule has 0 saturated heterocycles. The topological polar surface area (TPSA) is 75.7 Å². The number of hydrogen-bond acceptors (Lipinski definition) is 4. The lowest BCUT2D eigenvalue weighted by molar-refractivity contribution is -0.132. The molecule has 4 rings (SSSR count). The Kier molecular flexibility index (Phi) is 6.40. The molecule has 0 fully saturated rings. The second kappa shape index (κ2) is 9.56. The van der Waals surface area contributed by atoms with E-state index in [-0.39, 0.29) is 11.7 Å². The number of fused-ring (bicyclic) bond motifs is 1. The smallest absolute Gasteiger partial charge is 0.287 e. The summed E-state index contributed by atoms with van der Waals surface area (Å²) in [5, 5.41) is 3.85. The molecule has 0 radical (unpaired) electrons. The van der Waals surface area contributed by atoms with E-state index in [4.69, 9.17) is 8.83 Å². The summed E-state index contributed by atoms with van der Waals surface area (Å²) in [4.78, 5) is 27.7. The lowest BCUT2D eigenvalue weighted by atomic mass is 10.0. The highest BCUT2D eigenvalue weighted by Crippen LogP contribution is 2.27. The first-order valence-electron chi connectivity index (χ1n) is 10.7. The second-order valence-corrected chi connectivity index (χ2v) is 7.74. The van der Waals surface area contributed by atoms with Crippen LogP contribution >= 0.6 is 0 Å². The second-order valence-electron chi connectivity index (χ2n) is 7.74. The molecule has 0 aliphatic heterocycles. The van der Waals surface area contributed by atoms with Crippen LogP contribution in [0, 0.1) is 0 Å². The molecule has 6 heteroatoms. The third kappa shape index (κ3) is 4.59. The molecule has 164 valence electrons. The van der Waals surface area contributed by atoms with Gasteiger partial charge in [-0.15, -0.1) is 0 Å². The molecule has 2 aromatic carbocycles. The van der Waals surface area contributed by atoms with Crippen LogP contribution in [0.25, 0.3) is 11.0 Å². The zero-order chi connectivity index (χ0) is 22.5. The van der Waals surface area contributed by atoms with E-state index < -0.39 is 11.9 Å². The Morgan fingerprint density at radius 1 is 1.00 bits per heavy atom. The molecule has 0 bridgehead atoms. The Balaban J connectivity index is 1.57. The van der Waals surface area contributed by atoms with Gasteiger partial charge in [0.25, 0.3) is 5.91 Å². The quantitative estimate of drug-likeness (QED) is 0.444. The zero-order valence-corrected chi connectivity index (χ0v) is 18.2. The lowest BCUT2D eigenvalue weighted by Gasteiger charge is -2.25. The lowest BCUT2D eigenvalue weighted by Crippen LogP contribution is -2.48. The van der Waals surface area contributed by atoms with Crippen LogP contribution in [0.4, 0.5) is 0 Å². The van der Waals surface area contributed by atoms with Crippen LogP contribution < -0.4 is 5.32 Å². The predicted molar refractivity (Wildman–Crippen MR) is 122 cm³/mol. The summed E-state index contributed by atoms with van der Waals surface area (Å²) in [7, 11) is 1.75. The number of carbonyl (C=O) groups is 2. The molecular weight excluding hydrogens is 404 g/mol. The number of nitrogens with one attached hydrogen (secondary N) is 1. The number of amides is 2. The maximum atomic E-state index is 13.5. The Labute approximate surface area is 186 Å². The number of rotatable bonds is 8. The summed E-state index contributed by atoms with van der Waals surface area (Å²) in [6.07, 6.45) is 2.54. The minimum Gasteiger partial charge on any atom is -0.461 e. The van der Waals surface area contributed by atoms with Crippen molar-refractivity contribution in [3.05, 3.63) is 95.6 Å². The summed E-state index contributed by atoms with van der Waals surface area (Å²) >= 11 is 0. The monoisotopic (exact) mass is 430 g/mol. The summed E-state index contributed by atoms with van der Waals surface area (Å²) in [6, 6.07) is 20.0. The van der Waals surface area contributed by atoms with Gasteiger partial charge in [-0.2, -0.15) is 0 Å². The van der Waals surface area contributed by atoms with Gasteiger partial charge in [0.05, 0.1) is 6.26 Å². The number of benzene rings is 2. The van der Waals surface area contributed by atoms with Crippen molar-refractivity contribution in [2.45, 2.75) is 32.4 Å². The highest BCUT2D eigenvalue weighted by Gasteiger charge is 2.27. The number of aryl methyl sites for hydroxylation is 1. The fourth-order valence-electron chi connectivity index (χ4n) is 3.88. The molecule has 2 aromatic heterocycles. The number of furan rings is 2. The van der Waals surface area contributed by atoms with Gasteiger partial charge in [-0.25, -0.2) is 0 Å². The molecule has 32 heavy (non-hydrogen) atoms. The van der Waals surface area contributed by atoms with Crippen molar-refractivity contribution in [1.29, 1.82) is 0 Å². The number of para-hydroxylation sites is 1. The Hall–Kier alpha value is -3.80. The molecule has 0 spiro atoms. The van der Waals surface area contributed by atoms with Crippen LogP contribution in [0.15, 0.2) is 81.8 Å². The van der Waals surface area contributed by atoms with Crippen molar-refractivity contribution in [3.63, 3.8) is 0 Å². The van der Waals surface area contributed by atoms with Crippen molar-refractivity contribution < 1.29 is 18.4 Å². The van der Waals surface area contributed by atoms with E-state index in [9.17, 15) is 9.59 Å². The first kappa shape index (κ1) is 21.4. The third-order valence-electron chi connectivity index (χ3n) is 5.51. The number of hydrogen-bond donors (Lipinski definition) is 1. The molecule has 0 unspecified atom stereocenters. The first-order chi connectivity index (χ1) is 15.6. The van der Waals surface area contributed by atoms with E-state index in [0.29, 0.717) is 13.0 Å². The average Bonchev–Trinajstić information content (AvgIpc) is 3.47. The SMILES string of the molecule is CCc1oc2ccccc2c1CN(C)C(=O)[C@H](Cc1ccccc1)NC(=O)c1ccco1. The standard InChI is InChI=1S/C26H26N2O4/c1-3-22-20(19-12-7-8-13-23(19)32-22)17-28(2)26(30)21(16-18-10-5-4-6-11-18)27-25(29)24-14-9-15-31-24/h4-15,21H,3,16-17H2,1-2H3,(H,27,29)/t21-/m0/s1. The molecular formula is C26H26N2O4. The van der Waals surface area contributed by atoms with Crippen molar-refractivity contribution in [2.24, 2.45) is 0 Å². The van der Waals surface area contributed by atoms with Crippen molar-refractivity contribution in [1.82, 2.24) is 10.2 Å². The van der Waals surface area contributed by atoms with Crippen LogP contribution in [0.3, 0.4) is 0 Å². The highest BCUT2D eigenvalue weighted by molar-refractivity contribution is 5.95. The van der Waals surface area contributed by atoms with Gasteiger partial charge in [0.15, 0.2) is 5.76 Å². The molecule has 0 aliphatic rings. The minimum absolute atomic E-state index is 0.174. The summed E-state index contributed by atoms with van der Waals surface area (Å²) in [5.74, 6) is 0.444. The zero-order valence-electron chi connectivity index (χ0n) is 18.2. The molecule has 0 aliphatic carbocycles. The van der Waals surface area contributed by atoms with E-state index >= 15 is 0 Å². The molecule has 2 amide bonds. The molecule has 0 saturated carbocycles. The van der Waals surface area contributed by atoms with Crippen LogP contribution in [-0.2, 0) is 24.2 Å². The fourth-order valence-corrected chi connectivity index (χ4v) is 3.88. The van der Waals surface area contributed by atoms with Crippen molar-refractivity contribution in [2.75, 3.05) is 7.05 Å². The molecule has 1 N–H and O–H groups in total. The van der Waals surface area contributed by atoms with Gasteiger partial charge in [-0.05, 0) is 23.8 Å². The van der Waals surface area contributed by atoms with Crippen LogP contribution in [0.2, 0.25) is 0 Å². The van der Waals surface area contributed by atoms with Gasteiger partial charge >= 0.3 is 0 Å². The molecule has 1 atom stereocenters. The van der Waals surface area contributed by atoms with Crippen molar-refractivity contribution >= 4 is 22.8 Å². The molecule has 2 heterocycles. The fraction of sp³-hybridized carbons (Fsp3) is 0.231. The maximum Gasteiger partial charge on any atom is 0.287 e. The predicted octanol–water partition coefficient (Wildman–Crippen LogP) is 4.59. The summed E-state index contributed by atoms with van der Waals surface area (Å²) < 4.78 is 11.2. The van der Waals surface area contributed by atoms with Crippen LogP contribution in [0.1, 0.15) is 34.4 Å². The highest BCUT2D eigenvalue weighted by atomic mass is 16.3. The van der Waals surface area contributed by atoms with Gasteiger partial charge in [0.1, 0.15) is 17.4 Å². The Bertz CT molecular complexity index is 1200. The van der Waals surface area contributed by atoms with Gasteiger partial charge in [0.2, 0.25) is 5.91 Å². The largest absolute Gasteiger partial charge is 0.461 e. The summed E-state index contributed by atoms with van der Waals surface area (Å²) in [6.45, 7) is 2.42. The van der Waals surface area contributed by atoms with Gasteiger partial charge in [-0.3, -0.25) is 9.59 Å². The minimum atomic E-state index is -0.733. The summed E-state index contributed by atoms with van der Waals surface area (Å²) in [5.41, 5.74) is 2.77. The molecule has 4 aromatic rings. The van der Waals surface area contributed by atoms with Gasteiger partial charge in [-0.1, -0.05) is 55.5 Å². The maximum absolute atomic E-state index is 13.5. The van der Waals surface area contributed by atoms with E-state index in [1.54, 1.807) is 24.1 Å². The number of nitrogens with zero attached hydrogens (tertiary/aromatic N) is 1. The number of likely N-dealkylation sites (N-methyl/N-ethyl adjacent to an activating group) is 1. The van der Waals surface area contributed by atoms with Gasteiger partial charge in [0, 0.05) is 37.4 Å². The first-order valence-corrected chi connectivity index (χ1v) is 10.7. The third-order valence-corrected chi connectivity index (χ3v) is 5.51. The normalized spacial score (nSPS) is 11.9. The number of carbonyl (C=O) groups excluding carboxylic acids is 2. The van der Waals surface area contributed by atoms with Gasteiger partial charge < -0.3 is 19.1 Å². The van der Waals surface area contributed by atoms with E-state index in [0.717, 1.165) is 34.3 Å². The van der Waals surface area contributed by atoms with Crippen LogP contribution in [-0.4, -0.2) is 29.8 Å². The van der Waals surface area contributed by atoms with E-state index in [1.165, 1.54) is 6.26 Å². The van der Waals surface area contributed by atoms with E-state index in [2.05, 4.69) is 5.32 Å². The molecule has 6 nitrogen and oxygen atoms in total. The van der Waals surface area contributed by atoms with Crippen LogP contribution in [0.5, 0.6) is 0 Å².